The number of aromatic nitrogens is 2. The lowest BCUT2D eigenvalue weighted by Crippen LogP contribution is -2.47. The van der Waals surface area contributed by atoms with Gasteiger partial charge >= 0.3 is 0 Å². The second-order valence-electron chi connectivity index (χ2n) is 6.21. The number of nitrogens with zero attached hydrogens (tertiary/aromatic N) is 2. The summed E-state index contributed by atoms with van der Waals surface area (Å²) in [5.41, 5.74) is 10.4. The Balaban J connectivity index is 2.36. The van der Waals surface area contributed by atoms with Gasteiger partial charge in [0.1, 0.15) is 0 Å². The van der Waals surface area contributed by atoms with Crippen molar-refractivity contribution in [3.05, 3.63) is 17.0 Å². The summed E-state index contributed by atoms with van der Waals surface area (Å²) in [5.74, 6) is 0. The van der Waals surface area contributed by atoms with Gasteiger partial charge in [-0.15, -0.1) is 0 Å². The van der Waals surface area contributed by atoms with Crippen LogP contribution in [0.3, 0.4) is 0 Å². The molecule has 2 unspecified atom stereocenters. The van der Waals surface area contributed by atoms with Crippen molar-refractivity contribution in [1.82, 2.24) is 9.78 Å². The molecule has 17 heavy (non-hydrogen) atoms. The van der Waals surface area contributed by atoms with Gasteiger partial charge in [0.2, 0.25) is 0 Å². The van der Waals surface area contributed by atoms with Crippen LogP contribution in [0.2, 0.25) is 0 Å². The fourth-order valence-electron chi connectivity index (χ4n) is 2.98. The largest absolute Gasteiger partial charge is 0.325 e. The lowest BCUT2D eigenvalue weighted by Gasteiger charge is -2.42. The van der Waals surface area contributed by atoms with Crippen molar-refractivity contribution >= 4 is 0 Å². The molecule has 96 valence electrons. The molecule has 1 saturated carbocycles. The number of aryl methyl sites for hydroxylation is 1. The maximum Gasteiger partial charge on any atom is 0.0678 e. The van der Waals surface area contributed by atoms with E-state index >= 15 is 0 Å². The van der Waals surface area contributed by atoms with E-state index in [9.17, 15) is 0 Å². The van der Waals surface area contributed by atoms with Gasteiger partial charge < -0.3 is 5.73 Å². The highest BCUT2D eigenvalue weighted by molar-refractivity contribution is 5.23. The Morgan fingerprint density at radius 3 is 2.47 bits per heavy atom. The highest BCUT2D eigenvalue weighted by Crippen LogP contribution is 2.40. The molecule has 0 radical (unpaired) electrons. The Morgan fingerprint density at radius 2 is 1.94 bits per heavy atom. The van der Waals surface area contributed by atoms with Gasteiger partial charge in [0.15, 0.2) is 0 Å². The Hall–Kier alpha value is -0.830. The van der Waals surface area contributed by atoms with Crippen molar-refractivity contribution in [2.45, 2.75) is 66.0 Å². The molecule has 0 bridgehead atoms. The van der Waals surface area contributed by atoms with Crippen molar-refractivity contribution in [1.29, 1.82) is 0 Å². The third kappa shape index (κ3) is 2.01. The summed E-state index contributed by atoms with van der Waals surface area (Å²) >= 11 is 0. The van der Waals surface area contributed by atoms with E-state index < -0.39 is 0 Å². The first kappa shape index (κ1) is 12.6. The zero-order chi connectivity index (χ0) is 12.8. The molecule has 1 aromatic rings. The summed E-state index contributed by atoms with van der Waals surface area (Å²) < 4.78 is 2.18. The van der Waals surface area contributed by atoms with Crippen molar-refractivity contribution in [2.24, 2.45) is 11.1 Å². The Morgan fingerprint density at radius 1 is 1.29 bits per heavy atom. The Kier molecular flexibility index (Phi) is 3.06. The Labute approximate surface area is 104 Å². The van der Waals surface area contributed by atoms with Crippen LogP contribution in [0.1, 0.15) is 56.1 Å². The molecule has 0 saturated heterocycles. The first-order chi connectivity index (χ1) is 7.84. The third-order valence-electron chi connectivity index (χ3n) is 4.64. The zero-order valence-corrected chi connectivity index (χ0v) is 11.7. The van der Waals surface area contributed by atoms with Crippen LogP contribution in [-0.2, 0) is 0 Å². The van der Waals surface area contributed by atoms with Crippen LogP contribution >= 0.6 is 0 Å². The Bertz CT molecular complexity index is 417. The second-order valence-corrected chi connectivity index (χ2v) is 6.21. The van der Waals surface area contributed by atoms with Crippen molar-refractivity contribution in [2.75, 3.05) is 0 Å². The molecule has 1 aromatic heterocycles. The third-order valence-corrected chi connectivity index (χ3v) is 4.64. The molecule has 3 nitrogen and oxygen atoms in total. The predicted molar refractivity (Wildman–Crippen MR) is 71.1 cm³/mol. The fraction of sp³-hybridized carbons (Fsp3) is 0.786. The maximum absolute atomic E-state index is 6.46. The number of hydrogen-bond acceptors (Lipinski definition) is 2. The van der Waals surface area contributed by atoms with Crippen LogP contribution in [0.15, 0.2) is 0 Å². The highest BCUT2D eigenvalue weighted by atomic mass is 15.3. The van der Waals surface area contributed by atoms with Crippen LogP contribution in [0.5, 0.6) is 0 Å². The van der Waals surface area contributed by atoms with Gasteiger partial charge in [-0.2, -0.15) is 5.10 Å². The zero-order valence-electron chi connectivity index (χ0n) is 11.7. The van der Waals surface area contributed by atoms with E-state index in [-0.39, 0.29) is 11.5 Å². The molecular formula is C14H25N3. The minimum absolute atomic E-state index is 0.202. The average Bonchev–Trinajstić information content (AvgIpc) is 2.50. The van der Waals surface area contributed by atoms with E-state index in [1.54, 1.807) is 0 Å². The molecule has 1 aliphatic carbocycles. The number of hydrogen-bond donors (Lipinski definition) is 1. The molecule has 0 amide bonds. The maximum atomic E-state index is 6.46. The summed E-state index contributed by atoms with van der Waals surface area (Å²) in [6.45, 7) is 10.9. The summed E-state index contributed by atoms with van der Waals surface area (Å²) in [7, 11) is 0. The summed E-state index contributed by atoms with van der Waals surface area (Å²) in [4.78, 5) is 0. The normalized spacial score (nSPS) is 28.4. The van der Waals surface area contributed by atoms with Gasteiger partial charge in [-0.3, -0.25) is 4.68 Å². The molecule has 2 atom stereocenters. The van der Waals surface area contributed by atoms with E-state index in [2.05, 4.69) is 44.4 Å². The molecule has 3 heteroatoms. The van der Waals surface area contributed by atoms with E-state index in [4.69, 9.17) is 5.73 Å². The molecule has 0 aliphatic heterocycles. The van der Waals surface area contributed by atoms with Gasteiger partial charge in [0, 0.05) is 11.7 Å². The first-order valence-corrected chi connectivity index (χ1v) is 6.62. The predicted octanol–water partition coefficient (Wildman–Crippen LogP) is 2.89. The molecule has 0 aromatic carbocycles. The minimum atomic E-state index is 0.202. The van der Waals surface area contributed by atoms with E-state index in [0.717, 1.165) is 12.1 Å². The van der Waals surface area contributed by atoms with Crippen molar-refractivity contribution in [3.8, 4) is 0 Å². The van der Waals surface area contributed by atoms with Crippen LogP contribution in [0, 0.1) is 26.2 Å². The smallest absolute Gasteiger partial charge is 0.0678 e. The van der Waals surface area contributed by atoms with Crippen LogP contribution in [-0.4, -0.2) is 15.8 Å². The lowest BCUT2D eigenvalue weighted by atomic mass is 9.71. The molecule has 1 aliphatic rings. The van der Waals surface area contributed by atoms with Crippen LogP contribution < -0.4 is 5.73 Å². The SMILES string of the molecule is Cc1nn(C2CCCC(C)(C)C2N)c(C)c1C. The molecule has 1 fully saturated rings. The summed E-state index contributed by atoms with van der Waals surface area (Å²) in [6.07, 6.45) is 3.64. The lowest BCUT2D eigenvalue weighted by molar-refractivity contribution is 0.134. The monoisotopic (exact) mass is 235 g/mol. The van der Waals surface area contributed by atoms with Gasteiger partial charge in [-0.05, 0) is 44.6 Å². The van der Waals surface area contributed by atoms with Gasteiger partial charge in [0.05, 0.1) is 11.7 Å². The molecular weight excluding hydrogens is 210 g/mol. The number of rotatable bonds is 1. The van der Waals surface area contributed by atoms with E-state index in [1.807, 2.05) is 0 Å². The summed E-state index contributed by atoms with van der Waals surface area (Å²) in [6, 6.07) is 0.569. The highest BCUT2D eigenvalue weighted by Gasteiger charge is 2.38. The van der Waals surface area contributed by atoms with Crippen LogP contribution in [0.4, 0.5) is 0 Å². The molecule has 0 spiro atoms. The van der Waals surface area contributed by atoms with Crippen LogP contribution in [0.25, 0.3) is 0 Å². The fourth-order valence-corrected chi connectivity index (χ4v) is 2.98. The first-order valence-electron chi connectivity index (χ1n) is 6.62. The van der Waals surface area contributed by atoms with Gasteiger partial charge in [0.25, 0.3) is 0 Å². The van der Waals surface area contributed by atoms with Crippen molar-refractivity contribution < 1.29 is 0 Å². The molecule has 2 N–H and O–H groups in total. The van der Waals surface area contributed by atoms with Crippen molar-refractivity contribution in [3.63, 3.8) is 0 Å². The van der Waals surface area contributed by atoms with E-state index in [1.165, 1.54) is 24.1 Å². The second kappa shape index (κ2) is 4.13. The molecule has 1 heterocycles. The average molecular weight is 235 g/mol. The minimum Gasteiger partial charge on any atom is -0.325 e. The standard InChI is InChI=1S/C14H25N3/c1-9-10(2)16-17(11(9)3)12-7-6-8-14(4,5)13(12)15/h12-13H,6-8,15H2,1-5H3. The van der Waals surface area contributed by atoms with Gasteiger partial charge in [-0.25, -0.2) is 0 Å². The summed E-state index contributed by atoms with van der Waals surface area (Å²) in [5, 5.41) is 4.69. The van der Waals surface area contributed by atoms with E-state index in [0.29, 0.717) is 6.04 Å². The topological polar surface area (TPSA) is 43.8 Å². The quantitative estimate of drug-likeness (QED) is 0.813. The molecule has 2 rings (SSSR count). The van der Waals surface area contributed by atoms with Gasteiger partial charge in [-0.1, -0.05) is 20.3 Å². The number of nitrogens with two attached hydrogens (primary N) is 1.